The number of aryl methyl sites for hydroxylation is 1. The number of fused-ring (bicyclic) bond motifs is 1. The molecule has 0 aliphatic carbocycles. The minimum atomic E-state index is -3.99. The summed E-state index contributed by atoms with van der Waals surface area (Å²) in [5, 5.41) is 4.74. The van der Waals surface area contributed by atoms with Gasteiger partial charge in [-0.15, -0.1) is 0 Å². The highest BCUT2D eigenvalue weighted by Crippen LogP contribution is 2.28. The van der Waals surface area contributed by atoms with E-state index in [0.717, 1.165) is 17.3 Å². The summed E-state index contributed by atoms with van der Waals surface area (Å²) in [4.78, 5) is -0.342. The molecule has 3 aromatic rings. The molecule has 1 aromatic heterocycles. The van der Waals surface area contributed by atoms with Crippen LogP contribution in [0.1, 0.15) is 22.5 Å². The smallest absolute Gasteiger partial charge is 0.246 e. The molecule has 0 atom stereocenters. The third-order valence-electron chi connectivity index (χ3n) is 5.26. The minimum absolute atomic E-state index is 0.0792. The van der Waals surface area contributed by atoms with E-state index in [9.17, 15) is 17.2 Å². The molecule has 0 unspecified atom stereocenters. The quantitative estimate of drug-likeness (QED) is 0.553. The second-order valence-corrected chi connectivity index (χ2v) is 9.56. The van der Waals surface area contributed by atoms with Gasteiger partial charge in [0.05, 0.1) is 18.9 Å². The lowest BCUT2D eigenvalue weighted by Crippen LogP contribution is -2.36. The van der Waals surface area contributed by atoms with Gasteiger partial charge < -0.3 is 4.74 Å². The Morgan fingerprint density at radius 3 is 2.68 bits per heavy atom. The van der Waals surface area contributed by atoms with Gasteiger partial charge in [-0.2, -0.15) is 9.40 Å². The monoisotopic (exact) mass is 467 g/mol. The van der Waals surface area contributed by atoms with Gasteiger partial charge in [-0.1, -0.05) is 29.8 Å². The van der Waals surface area contributed by atoms with Gasteiger partial charge in [0.2, 0.25) is 10.0 Å². The van der Waals surface area contributed by atoms with E-state index in [2.05, 4.69) is 5.10 Å². The Morgan fingerprint density at radius 1 is 1.16 bits per heavy atom. The molecule has 2 heterocycles. The molecule has 0 saturated carbocycles. The lowest BCUT2D eigenvalue weighted by Gasteiger charge is -2.27. The van der Waals surface area contributed by atoms with Crippen molar-refractivity contribution in [3.63, 3.8) is 0 Å². The Morgan fingerprint density at radius 2 is 1.94 bits per heavy atom. The van der Waals surface area contributed by atoms with Crippen molar-refractivity contribution in [2.75, 3.05) is 6.54 Å². The van der Waals surface area contributed by atoms with Gasteiger partial charge in [0.1, 0.15) is 16.5 Å². The predicted octanol–water partition coefficient (Wildman–Crippen LogP) is 3.82. The highest BCUT2D eigenvalue weighted by atomic mass is 35.5. The average molecular weight is 468 g/mol. The number of hydrogen-bond donors (Lipinski definition) is 0. The van der Waals surface area contributed by atoms with Crippen LogP contribution in [0, 0.1) is 11.6 Å². The van der Waals surface area contributed by atoms with Crippen molar-refractivity contribution in [1.82, 2.24) is 14.1 Å². The van der Waals surface area contributed by atoms with Crippen LogP contribution < -0.4 is 0 Å². The first kappa shape index (κ1) is 21.9. The van der Waals surface area contributed by atoms with Crippen LogP contribution in [0.3, 0.4) is 0 Å². The molecular weight excluding hydrogens is 448 g/mol. The summed E-state index contributed by atoms with van der Waals surface area (Å²) >= 11 is 6.03. The predicted molar refractivity (Wildman–Crippen MR) is 111 cm³/mol. The first-order chi connectivity index (χ1) is 14.8. The van der Waals surface area contributed by atoms with E-state index in [1.165, 1.54) is 34.6 Å². The summed E-state index contributed by atoms with van der Waals surface area (Å²) < 4.78 is 62.0. The van der Waals surface area contributed by atoms with Crippen molar-refractivity contribution in [3.05, 3.63) is 81.6 Å². The zero-order valence-electron chi connectivity index (χ0n) is 16.7. The average Bonchev–Trinajstić information content (AvgIpc) is 3.05. The number of nitrogens with zero attached hydrogens (tertiary/aromatic N) is 3. The van der Waals surface area contributed by atoms with Crippen LogP contribution in [0.2, 0.25) is 5.02 Å². The van der Waals surface area contributed by atoms with Crippen molar-refractivity contribution in [3.8, 4) is 0 Å². The van der Waals surface area contributed by atoms with Gasteiger partial charge >= 0.3 is 0 Å². The van der Waals surface area contributed by atoms with Gasteiger partial charge in [-0.05, 0) is 29.8 Å². The summed E-state index contributed by atoms with van der Waals surface area (Å²) in [6.07, 6.45) is 0.455. The van der Waals surface area contributed by atoms with Crippen molar-refractivity contribution in [2.24, 2.45) is 7.05 Å². The Kier molecular flexibility index (Phi) is 6.11. The maximum absolute atomic E-state index is 14.1. The van der Waals surface area contributed by atoms with Crippen molar-refractivity contribution in [1.29, 1.82) is 0 Å². The molecule has 0 amide bonds. The van der Waals surface area contributed by atoms with E-state index < -0.39 is 21.7 Å². The number of ether oxygens (including phenoxy) is 1. The molecule has 0 fully saturated rings. The van der Waals surface area contributed by atoms with Crippen LogP contribution in [0.25, 0.3) is 0 Å². The van der Waals surface area contributed by atoms with E-state index in [4.69, 9.17) is 16.3 Å². The molecule has 0 N–H and O–H groups in total. The van der Waals surface area contributed by atoms with Crippen LogP contribution in [-0.2, 0) is 48.0 Å². The molecule has 0 radical (unpaired) electrons. The normalized spacial score (nSPS) is 14.6. The first-order valence-corrected chi connectivity index (χ1v) is 11.4. The Bertz CT molecular complexity index is 1230. The highest BCUT2D eigenvalue weighted by molar-refractivity contribution is 7.89. The molecule has 164 valence electrons. The largest absolute Gasteiger partial charge is 0.370 e. The van der Waals surface area contributed by atoms with E-state index in [0.29, 0.717) is 17.7 Å². The Labute approximate surface area is 184 Å². The summed E-state index contributed by atoms with van der Waals surface area (Å²) in [7, 11) is -2.20. The van der Waals surface area contributed by atoms with Crippen molar-refractivity contribution >= 4 is 21.6 Å². The number of sulfonamides is 1. The van der Waals surface area contributed by atoms with Crippen LogP contribution in [0.4, 0.5) is 8.78 Å². The lowest BCUT2D eigenvalue weighted by atomic mass is 10.1. The lowest BCUT2D eigenvalue weighted by molar-refractivity contribution is 0.103. The number of hydrogen-bond acceptors (Lipinski definition) is 4. The summed E-state index contributed by atoms with van der Waals surface area (Å²) in [6.45, 7) is 0.594. The van der Waals surface area contributed by atoms with E-state index in [1.807, 2.05) is 0 Å². The molecule has 6 nitrogen and oxygen atoms in total. The summed E-state index contributed by atoms with van der Waals surface area (Å²) in [6, 6.07) is 9.41. The Hall–Kier alpha value is -2.33. The van der Waals surface area contributed by atoms with Crippen LogP contribution >= 0.6 is 11.6 Å². The zero-order chi connectivity index (χ0) is 22.2. The van der Waals surface area contributed by atoms with Gasteiger partial charge in [0.25, 0.3) is 0 Å². The third-order valence-corrected chi connectivity index (χ3v) is 7.49. The molecule has 1 aliphatic heterocycles. The maximum Gasteiger partial charge on any atom is 0.246 e. The third kappa shape index (κ3) is 4.36. The topological polar surface area (TPSA) is 64.4 Å². The summed E-state index contributed by atoms with van der Waals surface area (Å²) in [5.74, 6) is -1.21. The molecule has 10 heteroatoms. The number of rotatable bonds is 6. The molecule has 4 rings (SSSR count). The van der Waals surface area contributed by atoms with Crippen molar-refractivity contribution in [2.45, 2.75) is 31.1 Å². The molecule has 0 bridgehead atoms. The second-order valence-electron chi connectivity index (χ2n) is 7.24. The maximum atomic E-state index is 14.1. The standard InChI is InChI=1S/C21H20ClF2N3O3S/c1-26-20-8-9-27(31(28,29)21-5-3-2-4-18(21)24)11-16(20)19(25-26)13-30-12-14-6-7-15(23)10-17(14)22/h2-7,10H,8-9,11-13H2,1H3. The molecular formula is C21H20ClF2N3O3S. The number of aromatic nitrogens is 2. The van der Waals surface area contributed by atoms with Gasteiger partial charge in [0.15, 0.2) is 0 Å². The number of benzene rings is 2. The fraction of sp³-hybridized carbons (Fsp3) is 0.286. The zero-order valence-corrected chi connectivity index (χ0v) is 18.3. The molecule has 1 aliphatic rings. The van der Waals surface area contributed by atoms with E-state index in [1.54, 1.807) is 17.8 Å². The van der Waals surface area contributed by atoms with Gasteiger partial charge in [-0.3, -0.25) is 4.68 Å². The SMILES string of the molecule is Cn1nc(COCc2ccc(F)cc2Cl)c2c1CCN(S(=O)(=O)c1ccccc1F)C2. The fourth-order valence-electron chi connectivity index (χ4n) is 3.66. The van der Waals surface area contributed by atoms with E-state index in [-0.39, 0.29) is 36.2 Å². The fourth-order valence-corrected chi connectivity index (χ4v) is 5.35. The Balaban J connectivity index is 1.52. The van der Waals surface area contributed by atoms with Crippen LogP contribution in [0.15, 0.2) is 47.4 Å². The summed E-state index contributed by atoms with van der Waals surface area (Å²) in [5.41, 5.74) is 2.90. The number of halogens is 3. The van der Waals surface area contributed by atoms with Crippen LogP contribution in [-0.4, -0.2) is 29.0 Å². The highest BCUT2D eigenvalue weighted by Gasteiger charge is 2.33. The molecule has 31 heavy (non-hydrogen) atoms. The molecule has 0 spiro atoms. The second kappa shape index (κ2) is 8.66. The van der Waals surface area contributed by atoms with Gasteiger partial charge in [-0.25, -0.2) is 17.2 Å². The first-order valence-electron chi connectivity index (χ1n) is 9.57. The van der Waals surface area contributed by atoms with Crippen molar-refractivity contribution < 1.29 is 21.9 Å². The van der Waals surface area contributed by atoms with Gasteiger partial charge in [0, 0.05) is 42.8 Å². The van der Waals surface area contributed by atoms with Crippen LogP contribution in [0.5, 0.6) is 0 Å². The molecule has 2 aromatic carbocycles. The minimum Gasteiger partial charge on any atom is -0.370 e. The molecule has 0 saturated heterocycles. The van der Waals surface area contributed by atoms with E-state index >= 15 is 0 Å².